The summed E-state index contributed by atoms with van der Waals surface area (Å²) in [5, 5.41) is 3.30. The molecule has 1 aliphatic rings. The summed E-state index contributed by atoms with van der Waals surface area (Å²) >= 11 is 0. The van der Waals surface area contributed by atoms with Crippen molar-refractivity contribution in [1.82, 2.24) is 10.2 Å². The van der Waals surface area contributed by atoms with Crippen LogP contribution in [0.4, 0.5) is 0 Å². The van der Waals surface area contributed by atoms with Crippen molar-refractivity contribution in [2.45, 2.75) is 25.3 Å². The molecule has 1 heterocycles. The van der Waals surface area contributed by atoms with Crippen LogP contribution in [0.3, 0.4) is 0 Å². The number of hydrogen-bond acceptors (Lipinski definition) is 2. The molecule has 0 radical (unpaired) electrons. The number of likely N-dealkylation sites (N-methyl/N-ethyl adjacent to an activating group) is 1. The van der Waals surface area contributed by atoms with Gasteiger partial charge in [0, 0.05) is 24.7 Å². The van der Waals surface area contributed by atoms with Crippen LogP contribution >= 0.6 is 0 Å². The van der Waals surface area contributed by atoms with Crippen LogP contribution in [0.2, 0.25) is 0 Å². The summed E-state index contributed by atoms with van der Waals surface area (Å²) in [5.74, 6) is 0.163. The number of carbonyl (C=O) groups is 1. The third-order valence-electron chi connectivity index (χ3n) is 4.60. The number of hydrogen-bond donors (Lipinski definition) is 1. The first-order chi connectivity index (χ1) is 11.3. The average Bonchev–Trinajstić information content (AvgIpc) is 2.62. The van der Waals surface area contributed by atoms with E-state index in [4.69, 9.17) is 0 Å². The highest BCUT2D eigenvalue weighted by Gasteiger charge is 2.24. The van der Waals surface area contributed by atoms with E-state index in [1.54, 1.807) is 0 Å². The van der Waals surface area contributed by atoms with E-state index in [1.165, 1.54) is 5.56 Å². The second-order valence-corrected chi connectivity index (χ2v) is 6.20. The smallest absolute Gasteiger partial charge is 0.254 e. The molecule has 23 heavy (non-hydrogen) atoms. The Hall–Kier alpha value is -2.13. The summed E-state index contributed by atoms with van der Waals surface area (Å²) in [6.45, 7) is 1.66. The Morgan fingerprint density at radius 1 is 1.13 bits per heavy atom. The van der Waals surface area contributed by atoms with Gasteiger partial charge in [-0.3, -0.25) is 4.79 Å². The topological polar surface area (TPSA) is 32.3 Å². The van der Waals surface area contributed by atoms with Crippen LogP contribution < -0.4 is 5.32 Å². The van der Waals surface area contributed by atoms with Crippen molar-refractivity contribution in [1.29, 1.82) is 0 Å². The van der Waals surface area contributed by atoms with E-state index in [1.807, 2.05) is 48.3 Å². The van der Waals surface area contributed by atoms with E-state index in [0.29, 0.717) is 6.04 Å². The van der Waals surface area contributed by atoms with Crippen molar-refractivity contribution in [3.05, 3.63) is 71.3 Å². The van der Waals surface area contributed by atoms with E-state index in [2.05, 4.69) is 23.5 Å². The van der Waals surface area contributed by atoms with E-state index in [9.17, 15) is 4.79 Å². The molecule has 2 aromatic rings. The Morgan fingerprint density at radius 2 is 1.87 bits per heavy atom. The van der Waals surface area contributed by atoms with Crippen molar-refractivity contribution in [3.8, 4) is 0 Å². The number of likely N-dealkylation sites (tertiary alicyclic amines) is 1. The highest BCUT2D eigenvalue weighted by Crippen LogP contribution is 2.19. The van der Waals surface area contributed by atoms with Gasteiger partial charge < -0.3 is 10.2 Å². The largest absolute Gasteiger partial charge is 0.337 e. The van der Waals surface area contributed by atoms with Gasteiger partial charge >= 0.3 is 0 Å². The molecule has 120 valence electrons. The molecule has 3 heteroatoms. The van der Waals surface area contributed by atoms with Crippen molar-refractivity contribution in [2.24, 2.45) is 0 Å². The number of benzene rings is 2. The van der Waals surface area contributed by atoms with Crippen molar-refractivity contribution in [3.63, 3.8) is 0 Å². The zero-order valence-corrected chi connectivity index (χ0v) is 13.7. The number of rotatable bonds is 4. The lowest BCUT2D eigenvalue weighted by molar-refractivity contribution is 0.0697. The molecule has 0 bridgehead atoms. The average molecular weight is 308 g/mol. The summed E-state index contributed by atoms with van der Waals surface area (Å²) < 4.78 is 0. The fourth-order valence-corrected chi connectivity index (χ4v) is 3.27. The summed E-state index contributed by atoms with van der Waals surface area (Å²) in [7, 11) is 1.97. The van der Waals surface area contributed by atoms with Gasteiger partial charge in [0.05, 0.1) is 0 Å². The maximum absolute atomic E-state index is 13.0. The van der Waals surface area contributed by atoms with Crippen LogP contribution in [0.5, 0.6) is 0 Å². The number of nitrogens with one attached hydrogen (secondary N) is 1. The normalized spacial score (nSPS) is 18.0. The van der Waals surface area contributed by atoms with Crippen LogP contribution in [0.1, 0.15) is 34.3 Å². The molecule has 3 rings (SSSR count). The Morgan fingerprint density at radius 3 is 2.65 bits per heavy atom. The summed E-state index contributed by atoms with van der Waals surface area (Å²) in [6, 6.07) is 18.7. The van der Waals surface area contributed by atoms with Gasteiger partial charge in [-0.15, -0.1) is 0 Å². The molecule has 1 saturated heterocycles. The zero-order chi connectivity index (χ0) is 16.1. The van der Waals surface area contributed by atoms with Gasteiger partial charge in [0.2, 0.25) is 0 Å². The van der Waals surface area contributed by atoms with Gasteiger partial charge in [-0.05, 0) is 43.5 Å². The zero-order valence-electron chi connectivity index (χ0n) is 13.7. The second kappa shape index (κ2) is 7.42. The summed E-state index contributed by atoms with van der Waals surface area (Å²) in [4.78, 5) is 15.0. The number of amides is 1. The standard InChI is InChI=1S/C20H24N2O/c1-21-18-11-7-13-22(15-18)20(23)19-12-6-5-10-17(19)14-16-8-3-2-4-9-16/h2-6,8-10,12,18,21H,7,11,13-15H2,1H3. The number of carbonyl (C=O) groups excluding carboxylic acids is 1. The molecule has 0 aromatic heterocycles. The van der Waals surface area contributed by atoms with Crippen LogP contribution in [-0.4, -0.2) is 37.0 Å². The van der Waals surface area contributed by atoms with E-state index < -0.39 is 0 Å². The van der Waals surface area contributed by atoms with Crippen molar-refractivity contribution in [2.75, 3.05) is 20.1 Å². The molecular weight excluding hydrogens is 284 g/mol. The molecule has 1 fully saturated rings. The molecule has 0 saturated carbocycles. The highest BCUT2D eigenvalue weighted by atomic mass is 16.2. The van der Waals surface area contributed by atoms with Crippen LogP contribution in [0.15, 0.2) is 54.6 Å². The lowest BCUT2D eigenvalue weighted by atomic mass is 9.97. The minimum atomic E-state index is 0.163. The molecule has 3 nitrogen and oxygen atoms in total. The first-order valence-corrected chi connectivity index (χ1v) is 8.36. The van der Waals surface area contributed by atoms with Gasteiger partial charge in [-0.25, -0.2) is 0 Å². The lowest BCUT2D eigenvalue weighted by Crippen LogP contribution is -2.47. The monoisotopic (exact) mass is 308 g/mol. The molecule has 0 spiro atoms. The minimum Gasteiger partial charge on any atom is -0.337 e. The molecule has 1 N–H and O–H groups in total. The van der Waals surface area contributed by atoms with Crippen LogP contribution in [0.25, 0.3) is 0 Å². The number of nitrogens with zero attached hydrogens (tertiary/aromatic N) is 1. The predicted octanol–water partition coefficient (Wildman–Crippen LogP) is 3.10. The summed E-state index contributed by atoms with van der Waals surface area (Å²) in [5.41, 5.74) is 3.18. The Bertz CT molecular complexity index is 654. The SMILES string of the molecule is CNC1CCCN(C(=O)c2ccccc2Cc2ccccc2)C1. The Labute approximate surface area is 138 Å². The molecule has 0 aliphatic carbocycles. The molecule has 1 aliphatic heterocycles. The Kier molecular flexibility index (Phi) is 5.09. The van der Waals surface area contributed by atoms with Crippen LogP contribution in [-0.2, 0) is 6.42 Å². The maximum Gasteiger partial charge on any atom is 0.254 e. The quantitative estimate of drug-likeness (QED) is 0.941. The molecule has 1 unspecified atom stereocenters. The second-order valence-electron chi connectivity index (χ2n) is 6.20. The minimum absolute atomic E-state index is 0.163. The van der Waals surface area contributed by atoms with Gasteiger partial charge in [-0.2, -0.15) is 0 Å². The van der Waals surface area contributed by atoms with Crippen molar-refractivity contribution >= 4 is 5.91 Å². The first kappa shape index (κ1) is 15.8. The molecule has 2 aromatic carbocycles. The number of piperidine rings is 1. The van der Waals surface area contributed by atoms with Gasteiger partial charge in [0.25, 0.3) is 5.91 Å². The van der Waals surface area contributed by atoms with Crippen molar-refractivity contribution < 1.29 is 4.79 Å². The van der Waals surface area contributed by atoms with Gasteiger partial charge in [0.15, 0.2) is 0 Å². The highest BCUT2D eigenvalue weighted by molar-refractivity contribution is 5.96. The van der Waals surface area contributed by atoms with E-state index >= 15 is 0 Å². The summed E-state index contributed by atoms with van der Waals surface area (Å²) in [6.07, 6.45) is 3.01. The van der Waals surface area contributed by atoms with E-state index in [0.717, 1.165) is 43.5 Å². The first-order valence-electron chi connectivity index (χ1n) is 8.36. The molecule has 1 atom stereocenters. The van der Waals surface area contributed by atoms with E-state index in [-0.39, 0.29) is 5.91 Å². The third-order valence-corrected chi connectivity index (χ3v) is 4.60. The van der Waals surface area contributed by atoms with Crippen LogP contribution in [0, 0.1) is 0 Å². The van der Waals surface area contributed by atoms with Gasteiger partial charge in [0.1, 0.15) is 0 Å². The third kappa shape index (κ3) is 3.80. The maximum atomic E-state index is 13.0. The fraction of sp³-hybridized carbons (Fsp3) is 0.350. The lowest BCUT2D eigenvalue weighted by Gasteiger charge is -2.33. The predicted molar refractivity (Wildman–Crippen MR) is 93.7 cm³/mol. The molecular formula is C20H24N2O. The molecule has 1 amide bonds. The Balaban J connectivity index is 1.80. The van der Waals surface area contributed by atoms with Gasteiger partial charge in [-0.1, -0.05) is 48.5 Å². The fourth-order valence-electron chi connectivity index (χ4n) is 3.27.